The van der Waals surface area contributed by atoms with E-state index >= 15 is 0 Å². The van der Waals surface area contributed by atoms with Crippen molar-refractivity contribution in [2.75, 3.05) is 32.1 Å². The van der Waals surface area contributed by atoms with Gasteiger partial charge in [-0.1, -0.05) is 59.8 Å². The number of allylic oxidation sites excluding steroid dienone is 2. The van der Waals surface area contributed by atoms with Gasteiger partial charge in [0.2, 0.25) is 0 Å². The molecule has 4 aliphatic rings. The molecule has 4 bridgehead atoms. The summed E-state index contributed by atoms with van der Waals surface area (Å²) in [6.45, 7) is 19.5. The third kappa shape index (κ3) is 8.54. The minimum atomic E-state index is -1.96. The van der Waals surface area contributed by atoms with Crippen LogP contribution >= 0.6 is 0 Å². The monoisotopic (exact) mass is 846 g/mol. The summed E-state index contributed by atoms with van der Waals surface area (Å²) in [4.78, 5) is 53.7. The molecular weight excluding hydrogens is 785 g/mol. The number of phenolic OH excluding ortho intramolecular Hbond substituents is 2. The minimum absolute atomic E-state index is 0.0364. The lowest BCUT2D eigenvalue weighted by Crippen LogP contribution is -2.46. The molecule has 2 aromatic carbocycles. The number of hydrogen-bond acceptors (Lipinski definition) is 14. The zero-order chi connectivity index (χ0) is 44.9. The molecule has 15 nitrogen and oxygen atoms in total. The molecule has 2 aromatic rings. The van der Waals surface area contributed by atoms with Crippen LogP contribution in [0.15, 0.2) is 46.1 Å². The third-order valence-electron chi connectivity index (χ3n) is 12.9. The number of Topliss-reactive ketones (excluding diaryl/α,β-unsaturated/α-hetero) is 1. The van der Waals surface area contributed by atoms with E-state index in [-0.39, 0.29) is 55.4 Å². The van der Waals surface area contributed by atoms with Gasteiger partial charge in [0.25, 0.3) is 11.7 Å². The van der Waals surface area contributed by atoms with Gasteiger partial charge in [0, 0.05) is 93.6 Å². The minimum Gasteiger partial charge on any atom is -0.507 e. The predicted molar refractivity (Wildman–Crippen MR) is 228 cm³/mol. The summed E-state index contributed by atoms with van der Waals surface area (Å²) < 4.78 is 24.0. The normalized spacial score (nSPS) is 32.7. The molecule has 0 aliphatic carbocycles. The van der Waals surface area contributed by atoms with Crippen LogP contribution in [0, 0.1) is 36.5 Å². The first kappa shape index (κ1) is 45.7. The van der Waals surface area contributed by atoms with Crippen LogP contribution < -0.4 is 20.8 Å². The van der Waals surface area contributed by atoms with Crippen LogP contribution in [0.4, 0.5) is 5.69 Å². The Balaban J connectivity index is 1.54. The van der Waals surface area contributed by atoms with Crippen LogP contribution in [0.25, 0.3) is 10.8 Å². The quantitative estimate of drug-likeness (QED) is 0.209. The summed E-state index contributed by atoms with van der Waals surface area (Å²) in [7, 11) is 1.47. The molecule has 0 saturated carbocycles. The first-order valence-electron chi connectivity index (χ1n) is 21.2. The number of rotatable bonds is 4. The number of hydrogen-bond donors (Lipinski definition) is 5. The lowest BCUT2D eigenvalue weighted by molar-refractivity contribution is -0.160. The van der Waals surface area contributed by atoms with Crippen molar-refractivity contribution in [3.63, 3.8) is 0 Å². The standard InChI is InChI=1S/C46H62N4O11/c1-22(2)21-50-18-16-46(17-19-50)48-34-31-32-39(54)28(8)42-33(31)43(56)45(10,61-42)59-20-15-30(58-11)25(5)41(60-29(9)51)27(7)38(53)26(6)37(52)23(3)13-12-14-24(4)44(57)47-36(40(32)55)35(34)49-46/h12-15,20,22-23,25-27,30,37-38,41,52-55H,16-19,21H2,1-11H3,(H,47,57)/b13-12-,20-15-,24-14-. The number of benzene rings is 2. The van der Waals surface area contributed by atoms with Crippen molar-refractivity contribution in [3.8, 4) is 17.2 Å². The van der Waals surface area contributed by atoms with Crippen molar-refractivity contribution in [3.05, 3.63) is 58.0 Å². The topological polar surface area (TPSA) is 209 Å². The summed E-state index contributed by atoms with van der Waals surface area (Å²) in [6, 6.07) is 0. The Bertz CT molecular complexity index is 2300. The van der Waals surface area contributed by atoms with E-state index < -0.39 is 82.9 Å². The van der Waals surface area contributed by atoms with E-state index in [1.54, 1.807) is 65.8 Å². The van der Waals surface area contributed by atoms with E-state index in [2.05, 4.69) is 24.1 Å². The number of nitrogens with one attached hydrogen (secondary N) is 1. The molecule has 1 spiro atoms. The van der Waals surface area contributed by atoms with Gasteiger partial charge in [0.05, 0.1) is 40.9 Å². The zero-order valence-electron chi connectivity index (χ0n) is 37.1. The number of methoxy groups -OCH3 is 1. The van der Waals surface area contributed by atoms with Crippen molar-refractivity contribution < 1.29 is 53.8 Å². The van der Waals surface area contributed by atoms with Crippen LogP contribution in [-0.2, 0) is 23.8 Å². The van der Waals surface area contributed by atoms with E-state index in [1.807, 2.05) is 0 Å². The Morgan fingerprint density at radius 1 is 0.967 bits per heavy atom. The Kier molecular flexibility index (Phi) is 13.1. The number of anilines is 1. The van der Waals surface area contributed by atoms with Crippen LogP contribution in [0.5, 0.6) is 17.2 Å². The molecule has 9 atom stereocenters. The van der Waals surface area contributed by atoms with Crippen LogP contribution in [0.1, 0.15) is 91.1 Å². The van der Waals surface area contributed by atoms with E-state index in [0.29, 0.717) is 31.8 Å². The second-order valence-corrected chi connectivity index (χ2v) is 18.0. The summed E-state index contributed by atoms with van der Waals surface area (Å²) in [6.07, 6.45) is 5.04. The molecule has 0 radical (unpaired) electrons. The highest BCUT2D eigenvalue weighted by Gasteiger charge is 2.50. The summed E-state index contributed by atoms with van der Waals surface area (Å²) in [5, 5.41) is 50.2. The smallest absolute Gasteiger partial charge is 0.312 e. The number of aliphatic hydroxyl groups is 2. The van der Waals surface area contributed by atoms with Gasteiger partial charge in [-0.3, -0.25) is 24.4 Å². The lowest BCUT2D eigenvalue weighted by atomic mass is 9.78. The molecule has 4 aliphatic heterocycles. The number of aliphatic hydroxyl groups excluding tert-OH is 2. The first-order valence-corrected chi connectivity index (χ1v) is 21.2. The van der Waals surface area contributed by atoms with Gasteiger partial charge in [-0.05, 0) is 25.8 Å². The fraction of sp³-hybridized carbons (Fsp3) is 0.587. The maximum Gasteiger partial charge on any atom is 0.312 e. The Morgan fingerprint density at radius 3 is 2.25 bits per heavy atom. The molecule has 0 aromatic heterocycles. The van der Waals surface area contributed by atoms with Gasteiger partial charge >= 0.3 is 11.8 Å². The number of carbonyl (C=O) groups is 3. The average molecular weight is 847 g/mol. The van der Waals surface area contributed by atoms with Gasteiger partial charge < -0.3 is 49.6 Å². The van der Waals surface area contributed by atoms with Crippen molar-refractivity contribution in [1.29, 1.82) is 0 Å². The molecule has 5 N–H and O–H groups in total. The number of ketones is 1. The second kappa shape index (κ2) is 17.5. The van der Waals surface area contributed by atoms with E-state index in [0.717, 1.165) is 6.54 Å². The molecule has 1 amide bonds. The van der Waals surface area contributed by atoms with Crippen molar-refractivity contribution >= 4 is 34.1 Å². The fourth-order valence-corrected chi connectivity index (χ4v) is 9.20. The van der Waals surface area contributed by atoms with Crippen molar-refractivity contribution in [2.45, 2.75) is 118 Å². The third-order valence-corrected chi connectivity index (χ3v) is 12.9. The highest BCUT2D eigenvalue weighted by atomic mass is 16.7. The van der Waals surface area contributed by atoms with E-state index in [1.165, 1.54) is 27.2 Å². The summed E-state index contributed by atoms with van der Waals surface area (Å²) in [5.41, 5.74) is -0.572. The number of phenols is 2. The van der Waals surface area contributed by atoms with Gasteiger partial charge in [-0.25, -0.2) is 0 Å². The molecular formula is C46H62N4O11. The summed E-state index contributed by atoms with van der Waals surface area (Å²) >= 11 is 0. The first-order chi connectivity index (χ1) is 28.6. The van der Waals surface area contributed by atoms with Crippen molar-refractivity contribution in [2.24, 2.45) is 39.6 Å². The van der Waals surface area contributed by atoms with Crippen molar-refractivity contribution in [1.82, 2.24) is 4.90 Å². The number of carbonyl (C=O) groups excluding carboxylic acids is 3. The highest BCUT2D eigenvalue weighted by Crippen LogP contribution is 2.50. The van der Waals surface area contributed by atoms with Gasteiger partial charge in [-0.2, -0.15) is 0 Å². The molecule has 6 rings (SSSR count). The highest BCUT2D eigenvalue weighted by molar-refractivity contribution is 6.19. The molecule has 1 fully saturated rings. The number of fused-ring (bicyclic) bond motifs is 1. The predicted octanol–water partition coefficient (Wildman–Crippen LogP) is 4.75. The van der Waals surface area contributed by atoms with Gasteiger partial charge in [-0.15, -0.1) is 0 Å². The van der Waals surface area contributed by atoms with Gasteiger partial charge in [0.15, 0.2) is 11.4 Å². The molecule has 61 heavy (non-hydrogen) atoms. The number of amides is 1. The zero-order valence-corrected chi connectivity index (χ0v) is 37.1. The average Bonchev–Trinajstić information content (AvgIpc) is 3.71. The van der Waals surface area contributed by atoms with Crippen LogP contribution in [0.2, 0.25) is 0 Å². The Morgan fingerprint density at radius 2 is 1.62 bits per heavy atom. The van der Waals surface area contributed by atoms with Crippen LogP contribution in [0.3, 0.4) is 0 Å². The fourth-order valence-electron chi connectivity index (χ4n) is 9.20. The number of likely N-dealkylation sites (tertiary alicyclic amines) is 1. The molecule has 1 saturated heterocycles. The number of esters is 1. The number of piperidine rings is 1. The van der Waals surface area contributed by atoms with Gasteiger partial charge in [0.1, 0.15) is 28.6 Å². The number of aromatic hydroxyl groups is 2. The Labute approximate surface area is 356 Å². The largest absolute Gasteiger partial charge is 0.507 e. The maximum absolute atomic E-state index is 14.7. The van der Waals surface area contributed by atoms with E-state index in [9.17, 15) is 34.8 Å². The van der Waals surface area contributed by atoms with Crippen LogP contribution in [-0.4, -0.2) is 106 Å². The molecule has 332 valence electrons. The van der Waals surface area contributed by atoms with E-state index in [4.69, 9.17) is 28.9 Å². The second-order valence-electron chi connectivity index (χ2n) is 18.0. The maximum atomic E-state index is 14.7. The molecule has 4 heterocycles. The number of ether oxygens (including phenoxy) is 4. The Hall–Kier alpha value is -4.83. The lowest BCUT2D eigenvalue weighted by Gasteiger charge is -2.38. The summed E-state index contributed by atoms with van der Waals surface area (Å²) in [5.74, 6) is -6.44. The molecule has 15 heteroatoms. The SMILES string of the molecule is COC1/C=C\OC2(C)Oc3c(C)c(O)c4c(O)c(c5c(c4c3C2=O)=NC2(CCN(CC(C)C)CC2)N=5)NC(=O)/C(C)=C\C=C/C(C)C(O)C(C)C(O)C(C)C(OC(C)=O)C1C. The number of nitrogens with zero attached hydrogens (tertiary/aromatic N) is 3. The molecule has 9 unspecified atom stereocenters.